The van der Waals surface area contributed by atoms with Gasteiger partial charge in [0.15, 0.2) is 11.5 Å². The van der Waals surface area contributed by atoms with E-state index >= 15 is 0 Å². The summed E-state index contributed by atoms with van der Waals surface area (Å²) in [5, 5.41) is 20.5. The van der Waals surface area contributed by atoms with Gasteiger partial charge < -0.3 is 14.9 Å². The summed E-state index contributed by atoms with van der Waals surface area (Å²) in [4.78, 5) is 17.8. The zero-order chi connectivity index (χ0) is 23.3. The number of phenolic OH excluding ortho intramolecular Hbond substituents is 1. The van der Waals surface area contributed by atoms with Crippen molar-refractivity contribution in [2.24, 2.45) is 10.4 Å². The van der Waals surface area contributed by atoms with Crippen molar-refractivity contribution >= 4 is 11.5 Å². The molecular weight excluding hydrogens is 416 g/mol. The number of aliphatic hydroxyl groups is 1. The van der Waals surface area contributed by atoms with Gasteiger partial charge in [-0.25, -0.2) is 0 Å². The number of ether oxygens (including phenoxy) is 1. The van der Waals surface area contributed by atoms with Crippen molar-refractivity contribution in [3.8, 4) is 11.5 Å². The predicted molar refractivity (Wildman–Crippen MR) is 128 cm³/mol. The number of aliphatic hydroxyl groups excluding tert-OH is 1. The Bertz CT molecular complexity index is 943. The Hall–Kier alpha value is -2.44. The van der Waals surface area contributed by atoms with Crippen molar-refractivity contribution in [2.45, 2.75) is 77.2 Å². The maximum Gasteiger partial charge on any atom is 0.227 e. The Morgan fingerprint density at radius 2 is 2.12 bits per heavy atom. The standard InChI is InChI=1S/C27H36N2O4/c1-27(11-2-3-12-27)13-4-5-22(30)16-23(31)8-6-20-7-9-25(32)26(15-20)33-19-29-17-21-10-14-28-24(21)18-29/h7,9-10,14-15,17,22,30,32H,2-6,8,11-13,16,18-19H2,1H3/p+1/t22-/m1/s1. The molecule has 1 fully saturated rings. The molecule has 2 atom stereocenters. The molecule has 0 saturated heterocycles. The van der Waals surface area contributed by atoms with Crippen LogP contribution in [-0.4, -0.2) is 41.1 Å². The Morgan fingerprint density at radius 1 is 1.30 bits per heavy atom. The molecule has 0 radical (unpaired) electrons. The van der Waals surface area contributed by atoms with Crippen LogP contribution in [0.1, 0.15) is 70.3 Å². The molecule has 1 aromatic carbocycles. The molecule has 1 aromatic rings. The summed E-state index contributed by atoms with van der Waals surface area (Å²) in [5.41, 5.74) is 3.60. The first-order valence-corrected chi connectivity index (χ1v) is 12.3. The fourth-order valence-electron chi connectivity index (χ4n) is 5.23. The first-order chi connectivity index (χ1) is 15.9. The van der Waals surface area contributed by atoms with Crippen LogP contribution in [0, 0.1) is 5.41 Å². The van der Waals surface area contributed by atoms with E-state index in [9.17, 15) is 15.0 Å². The van der Waals surface area contributed by atoms with E-state index in [-0.39, 0.29) is 18.0 Å². The average Bonchev–Trinajstić information content (AvgIpc) is 3.49. The summed E-state index contributed by atoms with van der Waals surface area (Å²) >= 11 is 0. The second-order valence-electron chi connectivity index (χ2n) is 10.2. The lowest BCUT2D eigenvalue weighted by Crippen LogP contribution is -3.07. The lowest BCUT2D eigenvalue weighted by molar-refractivity contribution is -0.851. The Labute approximate surface area is 196 Å². The van der Waals surface area contributed by atoms with Crippen LogP contribution in [0.4, 0.5) is 0 Å². The molecular formula is C27H37N2O4+. The van der Waals surface area contributed by atoms with Crippen LogP contribution in [0.25, 0.3) is 0 Å². The van der Waals surface area contributed by atoms with Gasteiger partial charge >= 0.3 is 0 Å². The smallest absolute Gasteiger partial charge is 0.227 e. The summed E-state index contributed by atoms with van der Waals surface area (Å²) in [7, 11) is 0. The van der Waals surface area contributed by atoms with Crippen LogP contribution >= 0.6 is 0 Å². The number of aryl methyl sites for hydroxylation is 1. The predicted octanol–water partition coefficient (Wildman–Crippen LogP) is 3.48. The van der Waals surface area contributed by atoms with Crippen molar-refractivity contribution in [1.29, 1.82) is 0 Å². The Morgan fingerprint density at radius 3 is 2.91 bits per heavy atom. The highest BCUT2D eigenvalue weighted by atomic mass is 16.5. The van der Waals surface area contributed by atoms with Gasteiger partial charge in [0.2, 0.25) is 6.73 Å². The first kappa shape index (κ1) is 23.7. The SMILES string of the molecule is CC1(CCC[C@@H](O)CC(=O)CCc2ccc(O)c(OC[NH+]3C=C4C=CN=C4C3)c2)CCCC1. The number of fused-ring (bicyclic) bond motifs is 1. The number of benzene rings is 1. The number of aliphatic imine (C=N–C) groups is 1. The van der Waals surface area contributed by atoms with E-state index in [1.165, 1.54) is 25.7 Å². The number of Topliss-reactive ketones (excluding diaryl/α,β-unsaturated/α-hetero) is 1. The maximum atomic E-state index is 12.4. The van der Waals surface area contributed by atoms with Crippen molar-refractivity contribution in [1.82, 2.24) is 0 Å². The molecule has 6 nitrogen and oxygen atoms in total. The summed E-state index contributed by atoms with van der Waals surface area (Å²) in [6, 6.07) is 5.25. The van der Waals surface area contributed by atoms with Gasteiger partial charge in [-0.15, -0.1) is 0 Å². The molecule has 0 amide bonds. The van der Waals surface area contributed by atoms with Gasteiger partial charge in [0.05, 0.1) is 11.7 Å². The summed E-state index contributed by atoms with van der Waals surface area (Å²) in [6.45, 7) is 3.53. The molecule has 1 unspecified atom stereocenters. The number of nitrogens with one attached hydrogen (secondary N) is 1. The summed E-state index contributed by atoms with van der Waals surface area (Å²) in [6.07, 6.45) is 14.6. The number of carbonyl (C=O) groups is 1. The lowest BCUT2D eigenvalue weighted by Gasteiger charge is -2.23. The molecule has 178 valence electrons. The molecule has 33 heavy (non-hydrogen) atoms. The van der Waals surface area contributed by atoms with Gasteiger partial charge in [-0.05, 0) is 61.3 Å². The van der Waals surface area contributed by atoms with Crippen molar-refractivity contribution in [3.05, 3.63) is 47.8 Å². The molecule has 2 heterocycles. The molecule has 0 aromatic heterocycles. The van der Waals surface area contributed by atoms with Crippen LogP contribution in [0.5, 0.6) is 11.5 Å². The molecule has 1 aliphatic carbocycles. The number of hydrogen-bond acceptors (Lipinski definition) is 5. The number of hydrogen-bond donors (Lipinski definition) is 3. The molecule has 0 bridgehead atoms. The van der Waals surface area contributed by atoms with E-state index in [4.69, 9.17) is 4.74 Å². The van der Waals surface area contributed by atoms with Crippen molar-refractivity contribution in [2.75, 3.05) is 13.3 Å². The zero-order valence-corrected chi connectivity index (χ0v) is 19.7. The van der Waals surface area contributed by atoms with Crippen molar-refractivity contribution in [3.63, 3.8) is 0 Å². The molecule has 0 spiro atoms. The topological polar surface area (TPSA) is 83.6 Å². The van der Waals surface area contributed by atoms with Gasteiger partial charge in [-0.1, -0.05) is 32.3 Å². The third kappa shape index (κ3) is 6.55. The monoisotopic (exact) mass is 453 g/mol. The highest BCUT2D eigenvalue weighted by Crippen LogP contribution is 2.41. The molecule has 1 saturated carbocycles. The van der Waals surface area contributed by atoms with Crippen LogP contribution < -0.4 is 9.64 Å². The largest absolute Gasteiger partial charge is 0.504 e. The third-order valence-electron chi connectivity index (χ3n) is 7.29. The van der Waals surface area contributed by atoms with E-state index in [0.717, 1.165) is 41.1 Å². The fourth-order valence-corrected chi connectivity index (χ4v) is 5.23. The van der Waals surface area contributed by atoms with Gasteiger partial charge in [0, 0.05) is 19.0 Å². The van der Waals surface area contributed by atoms with Gasteiger partial charge in [0.1, 0.15) is 24.2 Å². The summed E-state index contributed by atoms with van der Waals surface area (Å²) < 4.78 is 5.86. The van der Waals surface area contributed by atoms with E-state index < -0.39 is 6.10 Å². The molecule has 3 N–H and O–H groups in total. The highest BCUT2D eigenvalue weighted by molar-refractivity contribution is 6.06. The highest BCUT2D eigenvalue weighted by Gasteiger charge is 2.28. The number of rotatable bonds is 12. The normalized spacial score (nSPS) is 21.6. The van der Waals surface area contributed by atoms with Crippen LogP contribution in [0.15, 0.2) is 47.2 Å². The minimum Gasteiger partial charge on any atom is -0.504 e. The minimum atomic E-state index is -0.544. The Kier molecular flexibility index (Phi) is 7.66. The fraction of sp³-hybridized carbons (Fsp3) is 0.556. The van der Waals surface area contributed by atoms with E-state index in [2.05, 4.69) is 18.1 Å². The number of nitrogens with zero attached hydrogens (tertiary/aromatic N) is 1. The summed E-state index contributed by atoms with van der Waals surface area (Å²) in [5.74, 6) is 0.611. The van der Waals surface area contributed by atoms with Gasteiger partial charge in [-0.3, -0.25) is 14.7 Å². The number of allylic oxidation sites excluding steroid dienone is 1. The average molecular weight is 454 g/mol. The third-order valence-corrected chi connectivity index (χ3v) is 7.29. The van der Waals surface area contributed by atoms with E-state index in [1.807, 2.05) is 24.4 Å². The second-order valence-corrected chi connectivity index (χ2v) is 10.2. The van der Waals surface area contributed by atoms with Crippen LogP contribution in [0.2, 0.25) is 0 Å². The van der Waals surface area contributed by atoms with E-state index in [0.29, 0.717) is 37.2 Å². The number of quaternary nitrogens is 1. The molecule has 2 aliphatic heterocycles. The van der Waals surface area contributed by atoms with Crippen molar-refractivity contribution < 1.29 is 24.6 Å². The minimum absolute atomic E-state index is 0.0821. The quantitative estimate of drug-likeness (QED) is 0.452. The molecule has 6 heteroatoms. The van der Waals surface area contributed by atoms with Gasteiger partial charge in [0.25, 0.3) is 0 Å². The number of aromatic hydroxyl groups is 1. The lowest BCUT2D eigenvalue weighted by atomic mass is 9.83. The maximum absolute atomic E-state index is 12.4. The zero-order valence-electron chi connectivity index (χ0n) is 19.7. The molecule has 4 rings (SSSR count). The van der Waals surface area contributed by atoms with Crippen LogP contribution in [0.3, 0.4) is 0 Å². The molecule has 3 aliphatic rings. The van der Waals surface area contributed by atoms with E-state index in [1.54, 1.807) is 6.07 Å². The first-order valence-electron chi connectivity index (χ1n) is 12.3. The van der Waals surface area contributed by atoms with Crippen LogP contribution in [-0.2, 0) is 11.2 Å². The number of carbonyl (C=O) groups excluding carboxylic acids is 1. The Balaban J connectivity index is 1.18. The number of ketones is 1. The second kappa shape index (κ2) is 10.7. The number of phenols is 1. The van der Waals surface area contributed by atoms with Gasteiger partial charge in [-0.2, -0.15) is 0 Å².